The van der Waals surface area contributed by atoms with Gasteiger partial charge in [0.2, 0.25) is 0 Å². The van der Waals surface area contributed by atoms with Gasteiger partial charge in [-0.05, 0) is 49.3 Å². The van der Waals surface area contributed by atoms with Gasteiger partial charge in [0.25, 0.3) is 0 Å². The SMILES string of the molecule is Cc1cccc(C2C(N)=NC(=O)N2CC2CC2)c1C. The maximum atomic E-state index is 12.0. The molecule has 2 N–H and O–H groups in total. The van der Waals surface area contributed by atoms with Crippen LogP contribution >= 0.6 is 0 Å². The summed E-state index contributed by atoms with van der Waals surface area (Å²) in [7, 11) is 0. The zero-order valence-electron chi connectivity index (χ0n) is 11.4. The van der Waals surface area contributed by atoms with Crippen molar-refractivity contribution < 1.29 is 4.79 Å². The molecule has 1 aliphatic carbocycles. The van der Waals surface area contributed by atoms with Crippen molar-refractivity contribution in [2.45, 2.75) is 32.7 Å². The summed E-state index contributed by atoms with van der Waals surface area (Å²) >= 11 is 0. The summed E-state index contributed by atoms with van der Waals surface area (Å²) in [6.07, 6.45) is 2.42. The Morgan fingerprint density at radius 2 is 2.11 bits per heavy atom. The number of nitrogens with two attached hydrogens (primary N) is 1. The summed E-state index contributed by atoms with van der Waals surface area (Å²) in [5.41, 5.74) is 9.51. The number of hydrogen-bond acceptors (Lipinski definition) is 2. The van der Waals surface area contributed by atoms with E-state index < -0.39 is 0 Å². The molecule has 1 atom stereocenters. The van der Waals surface area contributed by atoms with Gasteiger partial charge in [-0.1, -0.05) is 18.2 Å². The van der Waals surface area contributed by atoms with Gasteiger partial charge < -0.3 is 10.6 Å². The van der Waals surface area contributed by atoms with Crippen LogP contribution in [0.15, 0.2) is 23.2 Å². The summed E-state index contributed by atoms with van der Waals surface area (Å²) in [4.78, 5) is 17.8. The predicted molar refractivity (Wildman–Crippen MR) is 75.1 cm³/mol. The van der Waals surface area contributed by atoms with Gasteiger partial charge >= 0.3 is 6.03 Å². The molecule has 1 heterocycles. The maximum Gasteiger partial charge on any atom is 0.346 e. The fraction of sp³-hybridized carbons (Fsp3) is 0.467. The molecular formula is C15H19N3O. The fourth-order valence-electron chi connectivity index (χ4n) is 2.67. The molecule has 0 bridgehead atoms. The largest absolute Gasteiger partial charge is 0.385 e. The molecule has 4 nitrogen and oxygen atoms in total. The molecule has 1 saturated carbocycles. The van der Waals surface area contributed by atoms with Crippen LogP contribution in [0.3, 0.4) is 0 Å². The van der Waals surface area contributed by atoms with E-state index in [9.17, 15) is 4.79 Å². The van der Waals surface area contributed by atoms with Gasteiger partial charge in [0.15, 0.2) is 0 Å². The number of nitrogens with zero attached hydrogens (tertiary/aromatic N) is 2. The van der Waals surface area contributed by atoms with Crippen molar-refractivity contribution >= 4 is 11.9 Å². The molecule has 2 aliphatic rings. The average molecular weight is 257 g/mol. The molecule has 1 unspecified atom stereocenters. The Bertz CT molecular complexity index is 561. The molecule has 1 aromatic carbocycles. The van der Waals surface area contributed by atoms with Crippen LogP contribution in [0.2, 0.25) is 0 Å². The van der Waals surface area contributed by atoms with Crippen LogP contribution in [0, 0.1) is 19.8 Å². The molecule has 3 rings (SSSR count). The van der Waals surface area contributed by atoms with E-state index in [0.29, 0.717) is 11.8 Å². The lowest BCUT2D eigenvalue weighted by atomic mass is 9.96. The third-order valence-electron chi connectivity index (χ3n) is 4.16. The Kier molecular flexibility index (Phi) is 2.81. The van der Waals surface area contributed by atoms with Crippen molar-refractivity contribution in [1.29, 1.82) is 0 Å². The number of aliphatic imine (C=N–C) groups is 1. The van der Waals surface area contributed by atoms with Crippen molar-refractivity contribution in [2.24, 2.45) is 16.6 Å². The highest BCUT2D eigenvalue weighted by Crippen LogP contribution is 2.36. The van der Waals surface area contributed by atoms with Gasteiger partial charge in [-0.2, -0.15) is 4.99 Å². The monoisotopic (exact) mass is 257 g/mol. The molecule has 2 amide bonds. The van der Waals surface area contributed by atoms with Gasteiger partial charge in [0, 0.05) is 6.54 Å². The molecule has 1 aromatic rings. The van der Waals surface area contributed by atoms with Crippen molar-refractivity contribution in [3.05, 3.63) is 34.9 Å². The Hall–Kier alpha value is -1.84. The smallest absolute Gasteiger partial charge is 0.346 e. The standard InChI is InChI=1S/C15H19N3O/c1-9-4-3-5-12(10(9)2)13-14(16)17-15(19)18(13)8-11-6-7-11/h3-5,11,13H,6-8H2,1-2H3,(H2,16,17,19). The lowest BCUT2D eigenvalue weighted by Gasteiger charge is -2.26. The van der Waals surface area contributed by atoms with Crippen LogP contribution in [-0.4, -0.2) is 23.3 Å². The maximum absolute atomic E-state index is 12.0. The van der Waals surface area contributed by atoms with Gasteiger partial charge in [-0.3, -0.25) is 0 Å². The first-order valence-electron chi connectivity index (χ1n) is 6.78. The van der Waals surface area contributed by atoms with E-state index in [4.69, 9.17) is 5.73 Å². The number of hydrogen-bond donors (Lipinski definition) is 1. The Morgan fingerprint density at radius 3 is 2.79 bits per heavy atom. The molecule has 4 heteroatoms. The Labute approximate surface area is 113 Å². The first-order valence-corrected chi connectivity index (χ1v) is 6.78. The molecule has 0 saturated heterocycles. The number of benzene rings is 1. The van der Waals surface area contributed by atoms with E-state index in [2.05, 4.69) is 24.9 Å². The zero-order chi connectivity index (χ0) is 13.6. The molecule has 19 heavy (non-hydrogen) atoms. The van der Waals surface area contributed by atoms with E-state index in [1.165, 1.54) is 24.0 Å². The summed E-state index contributed by atoms with van der Waals surface area (Å²) in [5, 5.41) is 0. The minimum absolute atomic E-state index is 0.173. The normalized spacial score (nSPS) is 22.8. The second-order valence-corrected chi connectivity index (χ2v) is 5.61. The molecule has 0 aromatic heterocycles. The molecular weight excluding hydrogens is 238 g/mol. The third kappa shape index (κ3) is 2.11. The van der Waals surface area contributed by atoms with E-state index in [-0.39, 0.29) is 12.1 Å². The Balaban J connectivity index is 1.97. The van der Waals surface area contributed by atoms with E-state index in [0.717, 1.165) is 12.1 Å². The lowest BCUT2D eigenvalue weighted by molar-refractivity contribution is 0.203. The second kappa shape index (κ2) is 4.37. The predicted octanol–water partition coefficient (Wildman–Crippen LogP) is 2.55. The molecule has 1 aliphatic heterocycles. The molecule has 100 valence electrons. The van der Waals surface area contributed by atoms with Crippen LogP contribution < -0.4 is 5.73 Å². The van der Waals surface area contributed by atoms with E-state index >= 15 is 0 Å². The third-order valence-corrected chi connectivity index (χ3v) is 4.16. The lowest BCUT2D eigenvalue weighted by Crippen LogP contribution is -2.35. The zero-order valence-corrected chi connectivity index (χ0v) is 11.4. The second-order valence-electron chi connectivity index (χ2n) is 5.61. The molecule has 0 spiro atoms. The van der Waals surface area contributed by atoms with Gasteiger partial charge in [-0.15, -0.1) is 0 Å². The minimum Gasteiger partial charge on any atom is -0.385 e. The van der Waals surface area contributed by atoms with Crippen molar-refractivity contribution in [3.8, 4) is 0 Å². The quantitative estimate of drug-likeness (QED) is 0.904. The number of urea groups is 1. The highest BCUT2D eigenvalue weighted by molar-refractivity contribution is 6.03. The highest BCUT2D eigenvalue weighted by Gasteiger charge is 2.38. The number of carbonyl (C=O) groups is 1. The van der Waals surface area contributed by atoms with Crippen LogP contribution in [0.1, 0.15) is 35.6 Å². The molecule has 0 radical (unpaired) electrons. The van der Waals surface area contributed by atoms with Gasteiger partial charge in [0.1, 0.15) is 11.9 Å². The summed E-state index contributed by atoms with van der Waals surface area (Å²) < 4.78 is 0. The van der Waals surface area contributed by atoms with Crippen molar-refractivity contribution in [1.82, 2.24) is 4.90 Å². The first-order chi connectivity index (χ1) is 9.08. The Morgan fingerprint density at radius 1 is 1.37 bits per heavy atom. The van der Waals surface area contributed by atoms with Crippen molar-refractivity contribution in [3.63, 3.8) is 0 Å². The summed E-state index contributed by atoms with van der Waals surface area (Å²) in [6.45, 7) is 4.94. The topological polar surface area (TPSA) is 58.7 Å². The number of amides is 2. The van der Waals surface area contributed by atoms with Crippen LogP contribution in [0.4, 0.5) is 4.79 Å². The van der Waals surface area contributed by atoms with Gasteiger partial charge in [-0.25, -0.2) is 4.79 Å². The fourth-order valence-corrected chi connectivity index (χ4v) is 2.67. The van der Waals surface area contributed by atoms with Crippen molar-refractivity contribution in [2.75, 3.05) is 6.54 Å². The van der Waals surface area contributed by atoms with E-state index in [1.54, 1.807) is 0 Å². The number of aryl methyl sites for hydroxylation is 1. The average Bonchev–Trinajstić information content (AvgIpc) is 3.12. The van der Waals surface area contributed by atoms with Crippen LogP contribution in [0.5, 0.6) is 0 Å². The number of carbonyl (C=O) groups excluding carboxylic acids is 1. The molecule has 1 fully saturated rings. The number of rotatable bonds is 3. The number of amidine groups is 1. The van der Waals surface area contributed by atoms with E-state index in [1.807, 2.05) is 17.0 Å². The van der Waals surface area contributed by atoms with Crippen LogP contribution in [-0.2, 0) is 0 Å². The first kappa shape index (κ1) is 12.2. The van der Waals surface area contributed by atoms with Crippen LogP contribution in [0.25, 0.3) is 0 Å². The van der Waals surface area contributed by atoms with Gasteiger partial charge in [0.05, 0.1) is 0 Å². The summed E-state index contributed by atoms with van der Waals surface area (Å²) in [6, 6.07) is 5.79. The minimum atomic E-state index is -0.185. The summed E-state index contributed by atoms with van der Waals surface area (Å²) in [5.74, 6) is 1.07. The highest BCUT2D eigenvalue weighted by atomic mass is 16.2.